The van der Waals surface area contributed by atoms with E-state index in [4.69, 9.17) is 11.6 Å². The van der Waals surface area contributed by atoms with Crippen LogP contribution in [-0.2, 0) is 11.3 Å². The number of rotatable bonds is 7. The summed E-state index contributed by atoms with van der Waals surface area (Å²) in [6.07, 6.45) is 1.76. The summed E-state index contributed by atoms with van der Waals surface area (Å²) in [6.45, 7) is 0.392. The van der Waals surface area contributed by atoms with Gasteiger partial charge in [0.1, 0.15) is 0 Å². The smallest absolute Gasteiger partial charge is 0.256 e. The molecule has 0 aliphatic carbocycles. The van der Waals surface area contributed by atoms with Gasteiger partial charge in [-0.2, -0.15) is 0 Å². The summed E-state index contributed by atoms with van der Waals surface area (Å²) >= 11 is 6.34. The SMILES string of the molecule is O=C(Nc1ccccc1C(=O)NCc1ccccc1)/C(=C/c1ccccc1Cl)c1ccccc1. The number of carbonyl (C=O) groups is 2. The first kappa shape index (κ1) is 23.0. The third-order valence-corrected chi connectivity index (χ3v) is 5.59. The second-order valence-corrected chi connectivity index (χ2v) is 8.02. The van der Waals surface area contributed by atoms with Crippen LogP contribution in [0.3, 0.4) is 0 Å². The summed E-state index contributed by atoms with van der Waals surface area (Å²) in [6, 6.07) is 33.3. The molecule has 0 saturated carbocycles. The highest BCUT2D eigenvalue weighted by Gasteiger charge is 2.17. The molecular formula is C29H23ClN2O2. The van der Waals surface area contributed by atoms with Crippen LogP contribution in [0.4, 0.5) is 5.69 Å². The zero-order valence-electron chi connectivity index (χ0n) is 18.4. The topological polar surface area (TPSA) is 58.2 Å². The maximum Gasteiger partial charge on any atom is 0.256 e. The van der Waals surface area contributed by atoms with Gasteiger partial charge in [-0.3, -0.25) is 9.59 Å². The van der Waals surface area contributed by atoms with Gasteiger partial charge in [0, 0.05) is 17.1 Å². The van der Waals surface area contributed by atoms with Gasteiger partial charge >= 0.3 is 0 Å². The Morgan fingerprint density at radius 2 is 1.35 bits per heavy atom. The monoisotopic (exact) mass is 466 g/mol. The lowest BCUT2D eigenvalue weighted by Crippen LogP contribution is -2.25. The number of anilines is 1. The molecule has 168 valence electrons. The first-order chi connectivity index (χ1) is 16.6. The zero-order valence-corrected chi connectivity index (χ0v) is 19.1. The fourth-order valence-electron chi connectivity index (χ4n) is 3.50. The Labute approximate surface area is 203 Å². The van der Waals surface area contributed by atoms with Crippen molar-refractivity contribution in [1.29, 1.82) is 0 Å². The molecular weight excluding hydrogens is 444 g/mol. The molecule has 0 aliphatic heterocycles. The summed E-state index contributed by atoms with van der Waals surface area (Å²) in [7, 11) is 0. The van der Waals surface area contributed by atoms with Crippen LogP contribution in [0, 0.1) is 0 Å². The quantitative estimate of drug-likeness (QED) is 0.243. The van der Waals surface area contributed by atoms with Crippen LogP contribution in [-0.4, -0.2) is 11.8 Å². The fourth-order valence-corrected chi connectivity index (χ4v) is 3.69. The number of hydrogen-bond acceptors (Lipinski definition) is 2. The molecule has 0 aliphatic rings. The van der Waals surface area contributed by atoms with Crippen LogP contribution < -0.4 is 10.6 Å². The van der Waals surface area contributed by atoms with E-state index in [0.717, 1.165) is 16.7 Å². The van der Waals surface area contributed by atoms with E-state index in [1.54, 1.807) is 36.4 Å². The molecule has 0 unspecified atom stereocenters. The minimum atomic E-state index is -0.338. The fraction of sp³-hybridized carbons (Fsp3) is 0.0345. The van der Waals surface area contributed by atoms with E-state index >= 15 is 0 Å². The van der Waals surface area contributed by atoms with E-state index in [9.17, 15) is 9.59 Å². The van der Waals surface area contributed by atoms with Crippen molar-refractivity contribution in [1.82, 2.24) is 5.32 Å². The minimum absolute atomic E-state index is 0.268. The van der Waals surface area contributed by atoms with Gasteiger partial charge in [0.15, 0.2) is 0 Å². The molecule has 4 aromatic rings. The Morgan fingerprint density at radius 1 is 0.735 bits per heavy atom. The van der Waals surface area contributed by atoms with E-state index in [-0.39, 0.29) is 11.8 Å². The predicted molar refractivity (Wildman–Crippen MR) is 138 cm³/mol. The molecule has 0 fully saturated rings. The Balaban J connectivity index is 1.60. The van der Waals surface area contributed by atoms with E-state index in [0.29, 0.717) is 28.4 Å². The normalized spacial score (nSPS) is 11.0. The van der Waals surface area contributed by atoms with Crippen molar-refractivity contribution < 1.29 is 9.59 Å². The predicted octanol–water partition coefficient (Wildman–Crippen LogP) is 6.45. The Kier molecular flexibility index (Phi) is 7.53. The van der Waals surface area contributed by atoms with E-state index in [1.165, 1.54) is 0 Å². The van der Waals surface area contributed by atoms with Gasteiger partial charge in [-0.15, -0.1) is 0 Å². The Morgan fingerprint density at radius 3 is 2.09 bits per heavy atom. The van der Waals surface area contributed by atoms with Crippen LogP contribution in [0.25, 0.3) is 11.6 Å². The minimum Gasteiger partial charge on any atom is -0.348 e. The largest absolute Gasteiger partial charge is 0.348 e. The maximum atomic E-state index is 13.4. The summed E-state index contributed by atoms with van der Waals surface area (Å²) in [5.74, 6) is -0.606. The molecule has 34 heavy (non-hydrogen) atoms. The second-order valence-electron chi connectivity index (χ2n) is 7.61. The van der Waals surface area contributed by atoms with Gasteiger partial charge in [0.2, 0.25) is 0 Å². The lowest BCUT2D eigenvalue weighted by molar-refractivity contribution is -0.111. The van der Waals surface area contributed by atoms with Gasteiger partial charge in [0.25, 0.3) is 11.8 Å². The van der Waals surface area contributed by atoms with Crippen LogP contribution in [0.5, 0.6) is 0 Å². The molecule has 0 radical (unpaired) electrons. The van der Waals surface area contributed by atoms with Crippen molar-refractivity contribution in [3.8, 4) is 0 Å². The molecule has 0 heterocycles. The Hall–Kier alpha value is -4.15. The van der Waals surface area contributed by atoms with Crippen LogP contribution in [0.1, 0.15) is 27.0 Å². The number of amides is 2. The summed E-state index contributed by atoms with van der Waals surface area (Å²) in [5, 5.41) is 6.38. The van der Waals surface area contributed by atoms with E-state index in [2.05, 4.69) is 10.6 Å². The summed E-state index contributed by atoms with van der Waals surface area (Å²) < 4.78 is 0. The Bertz CT molecular complexity index is 1320. The number of nitrogens with one attached hydrogen (secondary N) is 2. The molecule has 4 nitrogen and oxygen atoms in total. The molecule has 0 spiro atoms. The summed E-state index contributed by atoms with van der Waals surface area (Å²) in [5.41, 5.74) is 3.72. The van der Waals surface area contributed by atoms with Gasteiger partial charge in [0.05, 0.1) is 11.3 Å². The number of halogens is 1. The van der Waals surface area contributed by atoms with Crippen molar-refractivity contribution in [2.75, 3.05) is 5.32 Å². The molecule has 0 atom stereocenters. The van der Waals surface area contributed by atoms with Crippen molar-refractivity contribution in [3.63, 3.8) is 0 Å². The number of para-hydroxylation sites is 1. The van der Waals surface area contributed by atoms with Crippen LogP contribution in [0.2, 0.25) is 5.02 Å². The molecule has 4 aromatic carbocycles. The first-order valence-electron chi connectivity index (χ1n) is 10.9. The van der Waals surface area contributed by atoms with E-state index in [1.807, 2.05) is 78.9 Å². The molecule has 5 heteroatoms. The third-order valence-electron chi connectivity index (χ3n) is 5.25. The molecule has 0 saturated heterocycles. The number of benzene rings is 4. The lowest BCUT2D eigenvalue weighted by Gasteiger charge is -2.14. The average Bonchev–Trinajstić information content (AvgIpc) is 2.88. The van der Waals surface area contributed by atoms with Gasteiger partial charge in [-0.05, 0) is 41.0 Å². The number of hydrogen-bond donors (Lipinski definition) is 2. The van der Waals surface area contributed by atoms with Crippen molar-refractivity contribution in [2.24, 2.45) is 0 Å². The average molecular weight is 467 g/mol. The van der Waals surface area contributed by atoms with Crippen LogP contribution >= 0.6 is 11.6 Å². The molecule has 0 bridgehead atoms. The van der Waals surface area contributed by atoms with E-state index < -0.39 is 0 Å². The standard InChI is InChI=1S/C29H23ClN2O2/c30-26-17-9-7-15-23(26)19-25(22-13-5-2-6-14-22)29(34)32-27-18-10-8-16-24(27)28(33)31-20-21-11-3-1-4-12-21/h1-19H,20H2,(H,31,33)(H,32,34)/b25-19+. The lowest BCUT2D eigenvalue weighted by atomic mass is 10.0. The van der Waals surface area contributed by atoms with Crippen molar-refractivity contribution in [2.45, 2.75) is 6.54 Å². The van der Waals surface area contributed by atoms with Gasteiger partial charge < -0.3 is 10.6 Å². The highest BCUT2D eigenvalue weighted by molar-refractivity contribution is 6.34. The molecule has 4 rings (SSSR count). The van der Waals surface area contributed by atoms with Crippen molar-refractivity contribution in [3.05, 3.63) is 136 Å². The number of carbonyl (C=O) groups excluding carboxylic acids is 2. The highest BCUT2D eigenvalue weighted by atomic mass is 35.5. The third kappa shape index (κ3) is 5.80. The molecule has 2 N–H and O–H groups in total. The molecule has 0 aromatic heterocycles. The second kappa shape index (κ2) is 11.1. The zero-order chi connectivity index (χ0) is 23.8. The summed E-state index contributed by atoms with van der Waals surface area (Å²) in [4.78, 5) is 26.3. The molecule has 2 amide bonds. The van der Waals surface area contributed by atoms with Gasteiger partial charge in [-0.25, -0.2) is 0 Å². The van der Waals surface area contributed by atoms with Crippen molar-refractivity contribution >= 4 is 40.8 Å². The highest BCUT2D eigenvalue weighted by Crippen LogP contribution is 2.25. The maximum absolute atomic E-state index is 13.4. The van der Waals surface area contributed by atoms with Gasteiger partial charge in [-0.1, -0.05) is 103 Å². The van der Waals surface area contributed by atoms with Crippen LogP contribution in [0.15, 0.2) is 109 Å². The first-order valence-corrected chi connectivity index (χ1v) is 11.2.